The number of carbonyl (C=O) groups is 1. The van der Waals surface area contributed by atoms with E-state index in [1.807, 2.05) is 11.9 Å². The van der Waals surface area contributed by atoms with Gasteiger partial charge < -0.3 is 19.6 Å². The summed E-state index contributed by atoms with van der Waals surface area (Å²) in [5, 5.41) is 9.16. The van der Waals surface area contributed by atoms with Gasteiger partial charge in [-0.25, -0.2) is 4.79 Å². The van der Waals surface area contributed by atoms with Crippen molar-refractivity contribution in [2.45, 2.75) is 39.8 Å². The number of aromatic carboxylic acids is 1. The fourth-order valence-electron chi connectivity index (χ4n) is 1.88. The summed E-state index contributed by atoms with van der Waals surface area (Å²) in [6.07, 6.45) is 0. The highest BCUT2D eigenvalue weighted by Gasteiger charge is 2.15. The van der Waals surface area contributed by atoms with E-state index < -0.39 is 5.97 Å². The first kappa shape index (κ1) is 18.3. The van der Waals surface area contributed by atoms with Crippen molar-refractivity contribution < 1.29 is 14.6 Å². The maximum absolute atomic E-state index is 11.2. The van der Waals surface area contributed by atoms with E-state index >= 15 is 0 Å². The van der Waals surface area contributed by atoms with E-state index in [0.29, 0.717) is 12.6 Å². The van der Waals surface area contributed by atoms with Crippen molar-refractivity contribution in [2.24, 2.45) is 0 Å². The molecule has 0 atom stereocenters. The number of carboxylic acid groups (broad SMARTS) is 1. The van der Waals surface area contributed by atoms with E-state index in [9.17, 15) is 4.79 Å². The van der Waals surface area contributed by atoms with Crippen LogP contribution >= 0.6 is 0 Å². The molecular formula is C17H28N2O3. The Kier molecular flexibility index (Phi) is 6.68. The van der Waals surface area contributed by atoms with E-state index in [2.05, 4.69) is 39.6 Å². The fourth-order valence-corrected chi connectivity index (χ4v) is 1.88. The molecule has 1 aromatic carbocycles. The van der Waals surface area contributed by atoms with Gasteiger partial charge in [0.15, 0.2) is 0 Å². The van der Waals surface area contributed by atoms with Gasteiger partial charge in [-0.3, -0.25) is 0 Å². The van der Waals surface area contributed by atoms with Gasteiger partial charge in [0.05, 0.1) is 11.3 Å². The SMILES string of the molecule is CC(C)N(C)CCOc1ccc(C(=O)O)cc1N(C)C(C)C. The van der Waals surface area contributed by atoms with Crippen LogP contribution in [0.3, 0.4) is 0 Å². The quantitative estimate of drug-likeness (QED) is 0.800. The number of nitrogens with zero attached hydrogens (tertiary/aromatic N) is 2. The number of benzene rings is 1. The molecule has 0 bridgehead atoms. The Morgan fingerprint density at radius 3 is 2.32 bits per heavy atom. The Balaban J connectivity index is 2.90. The molecule has 0 spiro atoms. The minimum Gasteiger partial charge on any atom is -0.490 e. The van der Waals surface area contributed by atoms with E-state index in [-0.39, 0.29) is 11.6 Å². The van der Waals surface area contributed by atoms with Crippen LogP contribution < -0.4 is 9.64 Å². The minimum atomic E-state index is -0.926. The summed E-state index contributed by atoms with van der Waals surface area (Å²) in [5.41, 5.74) is 1.08. The number of hydrogen-bond acceptors (Lipinski definition) is 4. The minimum absolute atomic E-state index is 0.254. The molecule has 0 saturated heterocycles. The van der Waals surface area contributed by atoms with Gasteiger partial charge in [-0.1, -0.05) is 0 Å². The largest absolute Gasteiger partial charge is 0.490 e. The molecule has 0 aliphatic heterocycles. The number of rotatable bonds is 8. The molecule has 5 nitrogen and oxygen atoms in total. The normalized spacial score (nSPS) is 11.3. The molecular weight excluding hydrogens is 280 g/mol. The van der Waals surface area contributed by atoms with Crippen molar-refractivity contribution in [3.63, 3.8) is 0 Å². The molecule has 0 aliphatic rings. The lowest BCUT2D eigenvalue weighted by atomic mass is 10.1. The van der Waals surface area contributed by atoms with E-state index in [1.165, 1.54) is 0 Å². The summed E-state index contributed by atoms with van der Waals surface area (Å²) in [7, 11) is 4.00. The molecule has 1 N–H and O–H groups in total. The average Bonchev–Trinajstić information content (AvgIpc) is 2.46. The number of hydrogen-bond donors (Lipinski definition) is 1. The average molecular weight is 308 g/mol. The number of likely N-dealkylation sites (N-methyl/N-ethyl adjacent to an activating group) is 1. The number of anilines is 1. The van der Waals surface area contributed by atoms with Crippen LogP contribution in [0.15, 0.2) is 18.2 Å². The molecule has 1 rings (SSSR count). The molecule has 0 fully saturated rings. The highest BCUT2D eigenvalue weighted by atomic mass is 16.5. The summed E-state index contributed by atoms with van der Waals surface area (Å²) in [5.74, 6) is -0.206. The topological polar surface area (TPSA) is 53.0 Å². The van der Waals surface area contributed by atoms with Gasteiger partial charge in [-0.15, -0.1) is 0 Å². The standard InChI is InChI=1S/C17H28N2O3/c1-12(2)18(5)9-10-22-16-8-7-14(17(20)21)11-15(16)19(6)13(3)4/h7-8,11-13H,9-10H2,1-6H3,(H,20,21). The van der Waals surface area contributed by atoms with Crippen molar-refractivity contribution in [2.75, 3.05) is 32.1 Å². The molecule has 1 aromatic rings. The maximum Gasteiger partial charge on any atom is 0.335 e. The highest BCUT2D eigenvalue weighted by Crippen LogP contribution is 2.30. The van der Waals surface area contributed by atoms with E-state index in [0.717, 1.165) is 18.0 Å². The predicted molar refractivity (Wildman–Crippen MR) is 90.2 cm³/mol. The van der Waals surface area contributed by atoms with E-state index in [4.69, 9.17) is 9.84 Å². The molecule has 0 saturated carbocycles. The van der Waals surface area contributed by atoms with Crippen LogP contribution in [0, 0.1) is 0 Å². The van der Waals surface area contributed by atoms with Gasteiger partial charge in [0.25, 0.3) is 0 Å². The monoisotopic (exact) mass is 308 g/mol. The Hall–Kier alpha value is -1.75. The fraction of sp³-hybridized carbons (Fsp3) is 0.588. The lowest BCUT2D eigenvalue weighted by molar-refractivity contribution is 0.0697. The molecule has 0 radical (unpaired) electrons. The Morgan fingerprint density at radius 2 is 1.82 bits per heavy atom. The molecule has 5 heteroatoms. The zero-order valence-electron chi connectivity index (χ0n) is 14.5. The van der Waals surface area contributed by atoms with Crippen molar-refractivity contribution in [3.05, 3.63) is 23.8 Å². The smallest absolute Gasteiger partial charge is 0.335 e. The lowest BCUT2D eigenvalue weighted by Gasteiger charge is -2.27. The summed E-state index contributed by atoms with van der Waals surface area (Å²) in [6.45, 7) is 9.79. The van der Waals surface area contributed by atoms with Crippen molar-refractivity contribution in [1.29, 1.82) is 0 Å². The first-order chi connectivity index (χ1) is 10.2. The first-order valence-corrected chi connectivity index (χ1v) is 7.67. The molecule has 0 unspecified atom stereocenters. The second kappa shape index (κ2) is 8.03. The first-order valence-electron chi connectivity index (χ1n) is 7.67. The predicted octanol–water partition coefficient (Wildman–Crippen LogP) is 2.95. The Morgan fingerprint density at radius 1 is 1.18 bits per heavy atom. The van der Waals surface area contributed by atoms with E-state index in [1.54, 1.807) is 18.2 Å². The van der Waals surface area contributed by atoms with Crippen LogP contribution in [0.2, 0.25) is 0 Å². The molecule has 0 aromatic heterocycles. The van der Waals surface area contributed by atoms with Crippen molar-refractivity contribution in [1.82, 2.24) is 4.90 Å². The van der Waals surface area contributed by atoms with Crippen molar-refractivity contribution in [3.8, 4) is 5.75 Å². The molecule has 0 heterocycles. The zero-order valence-corrected chi connectivity index (χ0v) is 14.5. The molecule has 124 valence electrons. The highest BCUT2D eigenvalue weighted by molar-refractivity contribution is 5.89. The second-order valence-electron chi connectivity index (χ2n) is 6.12. The van der Waals surface area contributed by atoms with Crippen LogP contribution in [0.4, 0.5) is 5.69 Å². The van der Waals surface area contributed by atoms with Crippen LogP contribution in [-0.4, -0.2) is 55.3 Å². The molecule has 0 aliphatic carbocycles. The van der Waals surface area contributed by atoms with Crippen LogP contribution in [0.1, 0.15) is 38.1 Å². The van der Waals surface area contributed by atoms with Gasteiger partial charge in [-0.2, -0.15) is 0 Å². The van der Waals surface area contributed by atoms with Gasteiger partial charge in [0.1, 0.15) is 12.4 Å². The summed E-state index contributed by atoms with van der Waals surface area (Å²) in [4.78, 5) is 15.4. The summed E-state index contributed by atoms with van der Waals surface area (Å²) < 4.78 is 5.89. The van der Waals surface area contributed by atoms with Crippen molar-refractivity contribution >= 4 is 11.7 Å². The third-order valence-corrected chi connectivity index (χ3v) is 3.94. The Bertz CT molecular complexity index is 501. The number of carboxylic acids is 1. The van der Waals surface area contributed by atoms with Gasteiger partial charge in [-0.05, 0) is 52.9 Å². The van der Waals surface area contributed by atoms with Crippen LogP contribution in [0.5, 0.6) is 5.75 Å². The molecule has 0 amide bonds. The van der Waals surface area contributed by atoms with Gasteiger partial charge >= 0.3 is 5.97 Å². The molecule has 22 heavy (non-hydrogen) atoms. The van der Waals surface area contributed by atoms with Crippen LogP contribution in [-0.2, 0) is 0 Å². The van der Waals surface area contributed by atoms with Gasteiger partial charge in [0.2, 0.25) is 0 Å². The zero-order chi connectivity index (χ0) is 16.9. The maximum atomic E-state index is 11.2. The summed E-state index contributed by atoms with van der Waals surface area (Å²) >= 11 is 0. The number of ether oxygens (including phenoxy) is 1. The third kappa shape index (κ3) is 4.91. The van der Waals surface area contributed by atoms with Gasteiger partial charge in [0, 0.05) is 25.7 Å². The van der Waals surface area contributed by atoms with Crippen LogP contribution in [0.25, 0.3) is 0 Å². The summed E-state index contributed by atoms with van der Waals surface area (Å²) in [6, 6.07) is 5.72. The third-order valence-electron chi connectivity index (χ3n) is 3.94. The Labute approximate surface area is 133 Å². The lowest BCUT2D eigenvalue weighted by Crippen LogP contribution is -2.31. The second-order valence-corrected chi connectivity index (χ2v) is 6.12.